The molecule has 26 heavy (non-hydrogen) atoms. The van der Waals surface area contributed by atoms with Gasteiger partial charge in [0.1, 0.15) is 17.3 Å². The van der Waals surface area contributed by atoms with E-state index in [9.17, 15) is 9.18 Å². The first-order chi connectivity index (χ1) is 12.5. The fourth-order valence-corrected chi connectivity index (χ4v) is 3.31. The Kier molecular flexibility index (Phi) is 5.47. The lowest BCUT2D eigenvalue weighted by Crippen LogP contribution is -2.17. The molecule has 1 N–H and O–H groups in total. The van der Waals surface area contributed by atoms with Crippen molar-refractivity contribution in [1.82, 2.24) is 0 Å². The fourth-order valence-electron chi connectivity index (χ4n) is 3.08. The van der Waals surface area contributed by atoms with Gasteiger partial charge in [0, 0.05) is 30.3 Å². The van der Waals surface area contributed by atoms with Gasteiger partial charge in [-0.3, -0.25) is 4.79 Å². The monoisotopic (exact) mass is 375 g/mol. The lowest BCUT2D eigenvalue weighted by atomic mass is 9.85. The Hall–Kier alpha value is -2.53. The van der Waals surface area contributed by atoms with Crippen LogP contribution in [0.3, 0.4) is 0 Å². The summed E-state index contributed by atoms with van der Waals surface area (Å²) in [5, 5.41) is 3.68. The maximum atomic E-state index is 13.2. The van der Waals surface area contributed by atoms with Crippen LogP contribution in [-0.2, 0) is 4.79 Å². The van der Waals surface area contributed by atoms with E-state index in [1.807, 2.05) is 0 Å². The zero-order valence-electron chi connectivity index (χ0n) is 14.5. The summed E-state index contributed by atoms with van der Waals surface area (Å²) in [7, 11) is 3.08. The van der Waals surface area contributed by atoms with Crippen molar-refractivity contribution in [2.24, 2.45) is 0 Å². The Labute approximate surface area is 156 Å². The van der Waals surface area contributed by atoms with Crippen molar-refractivity contribution in [2.45, 2.75) is 18.8 Å². The summed E-state index contributed by atoms with van der Waals surface area (Å²) in [6.45, 7) is 0. The third kappa shape index (κ3) is 3.99. The molecule has 0 spiro atoms. The Morgan fingerprint density at radius 2 is 1.77 bits per heavy atom. The largest absolute Gasteiger partial charge is 0.495 e. The summed E-state index contributed by atoms with van der Waals surface area (Å²) in [5.74, 6) is 0.785. The number of ketones is 1. The van der Waals surface area contributed by atoms with Crippen molar-refractivity contribution in [3.05, 3.63) is 64.6 Å². The molecule has 136 valence electrons. The second-order valence-electron chi connectivity index (χ2n) is 6.10. The third-order valence-corrected chi connectivity index (χ3v) is 4.66. The molecule has 0 fully saturated rings. The molecular weight excluding hydrogens is 357 g/mol. The van der Waals surface area contributed by atoms with E-state index in [0.29, 0.717) is 35.1 Å². The highest BCUT2D eigenvalue weighted by Crippen LogP contribution is 2.38. The van der Waals surface area contributed by atoms with Gasteiger partial charge in [0.15, 0.2) is 5.78 Å². The van der Waals surface area contributed by atoms with Gasteiger partial charge in [0.2, 0.25) is 0 Å². The fraction of sp³-hybridized carbons (Fsp3) is 0.250. The zero-order valence-corrected chi connectivity index (χ0v) is 15.3. The van der Waals surface area contributed by atoms with E-state index in [1.165, 1.54) is 19.2 Å². The highest BCUT2D eigenvalue weighted by Gasteiger charge is 2.23. The van der Waals surface area contributed by atoms with Crippen molar-refractivity contribution < 1.29 is 18.7 Å². The number of nitrogens with one attached hydrogen (secondary N) is 1. The molecule has 1 aliphatic carbocycles. The average molecular weight is 376 g/mol. The topological polar surface area (TPSA) is 47.6 Å². The number of benzene rings is 2. The molecular formula is C20H19ClFNO3. The van der Waals surface area contributed by atoms with Crippen molar-refractivity contribution in [3.63, 3.8) is 0 Å². The minimum atomic E-state index is -0.289. The number of allylic oxidation sites excluding steroid dienone is 2. The minimum Gasteiger partial charge on any atom is -0.495 e. The number of hydrogen-bond donors (Lipinski definition) is 1. The van der Waals surface area contributed by atoms with Gasteiger partial charge in [-0.25, -0.2) is 4.39 Å². The van der Waals surface area contributed by atoms with Crippen LogP contribution in [0.15, 0.2) is 48.2 Å². The molecule has 4 nitrogen and oxygen atoms in total. The lowest BCUT2D eigenvalue weighted by molar-refractivity contribution is -0.115. The number of carbonyl (C=O) groups excluding carboxylic acids is 1. The predicted octanol–water partition coefficient (Wildman–Crippen LogP) is 4.94. The van der Waals surface area contributed by atoms with Gasteiger partial charge in [0.05, 0.1) is 24.9 Å². The predicted molar refractivity (Wildman–Crippen MR) is 99.6 cm³/mol. The lowest BCUT2D eigenvalue weighted by Gasteiger charge is -2.24. The van der Waals surface area contributed by atoms with Crippen LogP contribution in [0.5, 0.6) is 11.5 Å². The van der Waals surface area contributed by atoms with Crippen molar-refractivity contribution in [2.75, 3.05) is 19.5 Å². The van der Waals surface area contributed by atoms with Gasteiger partial charge in [-0.1, -0.05) is 23.7 Å². The van der Waals surface area contributed by atoms with Crippen molar-refractivity contribution in [3.8, 4) is 11.5 Å². The molecule has 0 aromatic heterocycles. The van der Waals surface area contributed by atoms with Crippen LogP contribution in [0.1, 0.15) is 24.3 Å². The number of methoxy groups -OCH3 is 2. The van der Waals surface area contributed by atoms with E-state index in [0.717, 1.165) is 11.3 Å². The minimum absolute atomic E-state index is 0.00390. The molecule has 0 saturated heterocycles. The van der Waals surface area contributed by atoms with Gasteiger partial charge in [-0.15, -0.1) is 0 Å². The summed E-state index contributed by atoms with van der Waals surface area (Å²) in [4.78, 5) is 12.2. The van der Waals surface area contributed by atoms with Gasteiger partial charge in [-0.2, -0.15) is 0 Å². The second kappa shape index (κ2) is 7.79. The number of carbonyl (C=O) groups is 1. The van der Waals surface area contributed by atoms with Crippen LogP contribution in [0, 0.1) is 5.82 Å². The number of anilines is 1. The van der Waals surface area contributed by atoms with Crippen LogP contribution in [0.4, 0.5) is 10.1 Å². The molecule has 2 aromatic rings. The van der Waals surface area contributed by atoms with E-state index in [-0.39, 0.29) is 17.5 Å². The number of halogens is 2. The van der Waals surface area contributed by atoms with Gasteiger partial charge in [-0.05, 0) is 30.0 Å². The van der Waals surface area contributed by atoms with E-state index >= 15 is 0 Å². The quantitative estimate of drug-likeness (QED) is 0.804. The molecule has 3 rings (SSSR count). The Balaban J connectivity index is 1.85. The number of ether oxygens (including phenoxy) is 2. The summed E-state index contributed by atoms with van der Waals surface area (Å²) < 4.78 is 23.8. The molecule has 0 bridgehead atoms. The van der Waals surface area contributed by atoms with Gasteiger partial charge >= 0.3 is 0 Å². The average Bonchev–Trinajstić information content (AvgIpc) is 2.63. The first kappa shape index (κ1) is 18.3. The molecule has 0 unspecified atom stereocenters. The molecule has 6 heteroatoms. The molecule has 0 aliphatic heterocycles. The first-order valence-electron chi connectivity index (χ1n) is 8.17. The number of rotatable bonds is 5. The zero-order chi connectivity index (χ0) is 18.7. The van der Waals surface area contributed by atoms with Gasteiger partial charge < -0.3 is 14.8 Å². The smallest absolute Gasteiger partial charge is 0.158 e. The SMILES string of the molecule is COc1cc(NC2=CC(=O)C[C@H](c3ccc(F)cc3)C2)c(OC)cc1Cl. The normalized spacial score (nSPS) is 16.8. The van der Waals surface area contributed by atoms with Crippen LogP contribution < -0.4 is 14.8 Å². The third-order valence-electron chi connectivity index (χ3n) is 4.36. The second-order valence-corrected chi connectivity index (χ2v) is 6.51. The summed E-state index contributed by atoms with van der Waals surface area (Å²) >= 11 is 6.13. The Bertz CT molecular complexity index is 849. The van der Waals surface area contributed by atoms with Crippen LogP contribution in [0.25, 0.3) is 0 Å². The highest BCUT2D eigenvalue weighted by molar-refractivity contribution is 6.32. The summed E-state index contributed by atoms with van der Waals surface area (Å²) in [5.41, 5.74) is 2.36. The molecule has 0 radical (unpaired) electrons. The molecule has 1 atom stereocenters. The van der Waals surface area contributed by atoms with E-state index < -0.39 is 0 Å². The van der Waals surface area contributed by atoms with E-state index in [2.05, 4.69) is 5.32 Å². The molecule has 0 heterocycles. The Morgan fingerprint density at radius 3 is 2.42 bits per heavy atom. The molecule has 2 aromatic carbocycles. The van der Waals surface area contributed by atoms with Crippen molar-refractivity contribution in [1.29, 1.82) is 0 Å². The van der Waals surface area contributed by atoms with Crippen molar-refractivity contribution >= 4 is 23.1 Å². The molecule has 0 amide bonds. The highest BCUT2D eigenvalue weighted by atomic mass is 35.5. The van der Waals surface area contributed by atoms with Crippen LogP contribution in [-0.4, -0.2) is 20.0 Å². The molecule has 0 saturated carbocycles. The molecule has 1 aliphatic rings. The van der Waals surface area contributed by atoms with Gasteiger partial charge in [0.25, 0.3) is 0 Å². The first-order valence-corrected chi connectivity index (χ1v) is 8.55. The standard InChI is InChI=1S/C20H19ClFNO3/c1-25-19-11-18(20(26-2)10-17(19)21)23-15-7-13(8-16(24)9-15)12-3-5-14(22)6-4-12/h3-6,9-11,13,23H,7-8H2,1-2H3/t13-/m1/s1. The Morgan fingerprint density at radius 1 is 1.08 bits per heavy atom. The van der Waals surface area contributed by atoms with Crippen LogP contribution >= 0.6 is 11.6 Å². The van der Waals surface area contributed by atoms with E-state index in [4.69, 9.17) is 21.1 Å². The van der Waals surface area contributed by atoms with E-state index in [1.54, 1.807) is 37.5 Å². The maximum Gasteiger partial charge on any atom is 0.158 e. The number of hydrogen-bond acceptors (Lipinski definition) is 4. The summed E-state index contributed by atoms with van der Waals surface area (Å²) in [6.07, 6.45) is 2.63. The van der Waals surface area contributed by atoms with Crippen LogP contribution in [0.2, 0.25) is 5.02 Å². The maximum absolute atomic E-state index is 13.2. The summed E-state index contributed by atoms with van der Waals surface area (Å²) in [6, 6.07) is 9.67.